The van der Waals surface area contributed by atoms with Crippen LogP contribution in [0, 0.1) is 5.92 Å². The number of anilines is 1. The number of carbonyl (C=O) groups is 2. The van der Waals surface area contributed by atoms with Crippen molar-refractivity contribution < 1.29 is 9.59 Å². The van der Waals surface area contributed by atoms with Crippen LogP contribution in [0.25, 0.3) is 0 Å². The SMILES string of the molecule is CC(C1CC1)N(Cc1ccccc1)C(=O)Cc1ccc(N2CCCC2=O)cc1. The van der Waals surface area contributed by atoms with Gasteiger partial charge in [-0.3, -0.25) is 9.59 Å². The van der Waals surface area contributed by atoms with E-state index in [0.29, 0.717) is 25.3 Å². The van der Waals surface area contributed by atoms with Crippen LogP contribution in [0.15, 0.2) is 54.6 Å². The topological polar surface area (TPSA) is 40.6 Å². The zero-order valence-electron chi connectivity index (χ0n) is 16.5. The highest BCUT2D eigenvalue weighted by Gasteiger charge is 2.34. The van der Waals surface area contributed by atoms with Crippen molar-refractivity contribution in [1.29, 1.82) is 0 Å². The van der Waals surface area contributed by atoms with Crippen molar-refractivity contribution in [2.75, 3.05) is 11.4 Å². The van der Waals surface area contributed by atoms with Gasteiger partial charge >= 0.3 is 0 Å². The van der Waals surface area contributed by atoms with E-state index in [-0.39, 0.29) is 17.9 Å². The van der Waals surface area contributed by atoms with Crippen LogP contribution in [-0.2, 0) is 22.6 Å². The number of nitrogens with zero attached hydrogens (tertiary/aromatic N) is 2. The molecule has 146 valence electrons. The zero-order chi connectivity index (χ0) is 19.5. The molecule has 0 N–H and O–H groups in total. The van der Waals surface area contributed by atoms with Crippen molar-refractivity contribution >= 4 is 17.5 Å². The van der Waals surface area contributed by atoms with Crippen molar-refractivity contribution in [2.24, 2.45) is 5.92 Å². The van der Waals surface area contributed by atoms with Crippen LogP contribution in [0.3, 0.4) is 0 Å². The van der Waals surface area contributed by atoms with Crippen LogP contribution in [0.4, 0.5) is 5.69 Å². The van der Waals surface area contributed by atoms with Crippen LogP contribution < -0.4 is 4.90 Å². The Balaban J connectivity index is 1.45. The molecule has 0 bridgehead atoms. The highest BCUT2D eigenvalue weighted by atomic mass is 16.2. The normalized spacial score (nSPS) is 17.6. The second kappa shape index (κ2) is 8.17. The summed E-state index contributed by atoms with van der Waals surface area (Å²) in [6.45, 7) is 3.64. The molecule has 2 amide bonds. The summed E-state index contributed by atoms with van der Waals surface area (Å²) in [5, 5.41) is 0. The van der Waals surface area contributed by atoms with Gasteiger partial charge < -0.3 is 9.80 Å². The molecule has 1 saturated carbocycles. The molecule has 2 aromatic carbocycles. The van der Waals surface area contributed by atoms with Crippen molar-refractivity contribution in [3.05, 3.63) is 65.7 Å². The number of rotatable bonds is 7. The van der Waals surface area contributed by atoms with Crippen molar-refractivity contribution in [3.63, 3.8) is 0 Å². The summed E-state index contributed by atoms with van der Waals surface area (Å²) >= 11 is 0. The Bertz CT molecular complexity index is 827. The van der Waals surface area contributed by atoms with Gasteiger partial charge in [-0.25, -0.2) is 0 Å². The monoisotopic (exact) mass is 376 g/mol. The van der Waals surface area contributed by atoms with Crippen LogP contribution in [0.5, 0.6) is 0 Å². The van der Waals surface area contributed by atoms with Gasteiger partial charge in [0, 0.05) is 31.2 Å². The number of carbonyl (C=O) groups excluding carboxylic acids is 2. The minimum atomic E-state index is 0.174. The summed E-state index contributed by atoms with van der Waals surface area (Å²) < 4.78 is 0. The van der Waals surface area contributed by atoms with Gasteiger partial charge in [0.1, 0.15) is 0 Å². The van der Waals surface area contributed by atoms with E-state index < -0.39 is 0 Å². The zero-order valence-corrected chi connectivity index (χ0v) is 16.5. The molecule has 0 spiro atoms. The van der Waals surface area contributed by atoms with Crippen LogP contribution in [0.2, 0.25) is 0 Å². The molecule has 2 fully saturated rings. The first kappa shape index (κ1) is 18.7. The van der Waals surface area contributed by atoms with Crippen LogP contribution in [0.1, 0.15) is 43.7 Å². The Morgan fingerprint density at radius 1 is 1.07 bits per heavy atom. The highest BCUT2D eigenvalue weighted by molar-refractivity contribution is 5.95. The van der Waals surface area contributed by atoms with Gasteiger partial charge in [-0.05, 0) is 55.4 Å². The maximum atomic E-state index is 13.1. The van der Waals surface area contributed by atoms with Crippen molar-refractivity contribution in [1.82, 2.24) is 4.90 Å². The van der Waals surface area contributed by atoms with E-state index in [4.69, 9.17) is 0 Å². The lowest BCUT2D eigenvalue weighted by Crippen LogP contribution is -2.40. The van der Waals surface area contributed by atoms with E-state index in [1.165, 1.54) is 18.4 Å². The molecule has 4 heteroatoms. The second-order valence-corrected chi connectivity index (χ2v) is 8.08. The van der Waals surface area contributed by atoms with Gasteiger partial charge in [0.25, 0.3) is 0 Å². The molecule has 1 aliphatic carbocycles. The predicted molar refractivity (Wildman–Crippen MR) is 111 cm³/mol. The highest BCUT2D eigenvalue weighted by Crippen LogP contribution is 2.36. The average Bonchev–Trinajstić information content (AvgIpc) is 3.48. The molecule has 1 atom stereocenters. The molecule has 1 unspecified atom stereocenters. The summed E-state index contributed by atoms with van der Waals surface area (Å²) in [5.74, 6) is 1.00. The third-order valence-corrected chi connectivity index (χ3v) is 5.99. The third kappa shape index (κ3) is 4.27. The number of amides is 2. The second-order valence-electron chi connectivity index (χ2n) is 8.08. The molecule has 1 saturated heterocycles. The van der Waals surface area contributed by atoms with E-state index in [1.54, 1.807) is 0 Å². The fraction of sp³-hybridized carbons (Fsp3) is 0.417. The number of hydrogen-bond donors (Lipinski definition) is 0. The molecule has 28 heavy (non-hydrogen) atoms. The first-order valence-corrected chi connectivity index (χ1v) is 10.3. The molecule has 0 aromatic heterocycles. The van der Waals surface area contributed by atoms with E-state index in [9.17, 15) is 9.59 Å². The van der Waals surface area contributed by atoms with E-state index in [2.05, 4.69) is 19.1 Å². The minimum absolute atomic E-state index is 0.174. The summed E-state index contributed by atoms with van der Waals surface area (Å²) in [7, 11) is 0. The van der Waals surface area contributed by atoms with Crippen molar-refractivity contribution in [2.45, 2.75) is 51.6 Å². The molecule has 4 rings (SSSR count). The number of benzene rings is 2. The van der Waals surface area contributed by atoms with Gasteiger partial charge in [-0.15, -0.1) is 0 Å². The fourth-order valence-corrected chi connectivity index (χ4v) is 4.06. The average molecular weight is 377 g/mol. The Morgan fingerprint density at radius 3 is 2.39 bits per heavy atom. The minimum Gasteiger partial charge on any atom is -0.335 e. The Labute approximate surface area is 167 Å². The fourth-order valence-electron chi connectivity index (χ4n) is 4.06. The lowest BCUT2D eigenvalue weighted by Gasteiger charge is -2.30. The summed E-state index contributed by atoms with van der Waals surface area (Å²) in [5.41, 5.74) is 3.11. The van der Waals surface area contributed by atoms with E-state index in [1.807, 2.05) is 52.3 Å². The van der Waals surface area contributed by atoms with Crippen molar-refractivity contribution in [3.8, 4) is 0 Å². The first-order valence-electron chi connectivity index (χ1n) is 10.3. The van der Waals surface area contributed by atoms with Gasteiger partial charge in [-0.2, -0.15) is 0 Å². The molecule has 0 radical (unpaired) electrons. The van der Waals surface area contributed by atoms with E-state index in [0.717, 1.165) is 24.2 Å². The Hall–Kier alpha value is -2.62. The lowest BCUT2D eigenvalue weighted by atomic mass is 10.1. The van der Waals surface area contributed by atoms with Crippen LogP contribution in [-0.4, -0.2) is 29.3 Å². The van der Waals surface area contributed by atoms with Crippen LogP contribution >= 0.6 is 0 Å². The largest absolute Gasteiger partial charge is 0.335 e. The standard InChI is InChI=1S/C24H28N2O2/c1-18(21-11-12-21)26(17-20-6-3-2-4-7-20)24(28)16-19-9-13-22(14-10-19)25-15-5-8-23(25)27/h2-4,6-7,9-10,13-14,18,21H,5,8,11-12,15-17H2,1H3. The van der Waals surface area contributed by atoms with Gasteiger partial charge in [0.15, 0.2) is 0 Å². The molecule has 2 aliphatic rings. The quantitative estimate of drug-likeness (QED) is 0.727. The smallest absolute Gasteiger partial charge is 0.227 e. The summed E-state index contributed by atoms with van der Waals surface area (Å²) in [6.07, 6.45) is 4.40. The maximum absolute atomic E-state index is 13.1. The molecule has 1 heterocycles. The third-order valence-electron chi connectivity index (χ3n) is 5.99. The first-order chi connectivity index (χ1) is 13.6. The Kier molecular flexibility index (Phi) is 5.47. The summed E-state index contributed by atoms with van der Waals surface area (Å²) in [4.78, 5) is 28.9. The maximum Gasteiger partial charge on any atom is 0.227 e. The Morgan fingerprint density at radius 2 is 1.79 bits per heavy atom. The lowest BCUT2D eigenvalue weighted by molar-refractivity contribution is -0.133. The van der Waals surface area contributed by atoms with Gasteiger partial charge in [-0.1, -0.05) is 42.5 Å². The molecular weight excluding hydrogens is 348 g/mol. The van der Waals surface area contributed by atoms with Gasteiger partial charge in [0.05, 0.1) is 6.42 Å². The molecule has 1 aliphatic heterocycles. The predicted octanol–water partition coefficient (Wildman–Crippen LogP) is 4.18. The molecular formula is C24H28N2O2. The summed E-state index contributed by atoms with van der Waals surface area (Å²) in [6, 6.07) is 18.4. The van der Waals surface area contributed by atoms with Gasteiger partial charge in [0.2, 0.25) is 11.8 Å². The molecule has 2 aromatic rings. The van der Waals surface area contributed by atoms with E-state index >= 15 is 0 Å². The molecule has 4 nitrogen and oxygen atoms in total. The number of hydrogen-bond acceptors (Lipinski definition) is 2.